The van der Waals surface area contributed by atoms with Crippen LogP contribution >= 0.6 is 0 Å². The van der Waals surface area contributed by atoms with Gasteiger partial charge < -0.3 is 9.42 Å². The van der Waals surface area contributed by atoms with E-state index < -0.39 is 0 Å². The van der Waals surface area contributed by atoms with Gasteiger partial charge in [0.15, 0.2) is 0 Å². The fourth-order valence-electron chi connectivity index (χ4n) is 2.81. The topological polar surface area (TPSA) is 83.0 Å². The van der Waals surface area contributed by atoms with Crippen LogP contribution in [0.15, 0.2) is 34.9 Å². The molecular weight excluding hydrogens is 335 g/mol. The van der Waals surface area contributed by atoms with Gasteiger partial charge in [-0.25, -0.2) is 9.37 Å². The van der Waals surface area contributed by atoms with Crippen molar-refractivity contribution in [2.45, 2.75) is 20.3 Å². The first-order chi connectivity index (χ1) is 12.5. The number of aromatic nitrogens is 2. The van der Waals surface area contributed by atoms with E-state index in [1.54, 1.807) is 25.1 Å². The molecule has 0 atom stereocenters. The molecule has 0 aliphatic heterocycles. The summed E-state index contributed by atoms with van der Waals surface area (Å²) in [5.74, 6) is -0.639. The van der Waals surface area contributed by atoms with Gasteiger partial charge in [0.1, 0.15) is 12.4 Å². The van der Waals surface area contributed by atoms with Crippen LogP contribution in [0.5, 0.6) is 0 Å². The van der Waals surface area contributed by atoms with Gasteiger partial charge in [0.2, 0.25) is 0 Å². The molecule has 0 saturated carbocycles. The maximum absolute atomic E-state index is 13.2. The molecule has 0 spiro atoms. The Hall–Kier alpha value is -3.27. The molecule has 1 amide bonds. The minimum atomic E-state index is -0.357. The Morgan fingerprint density at radius 1 is 1.35 bits per heavy atom. The second-order valence-corrected chi connectivity index (χ2v) is 5.89. The molecule has 0 aliphatic rings. The number of aryl methyl sites for hydroxylation is 1. The molecule has 1 aromatic carbocycles. The quantitative estimate of drug-likeness (QED) is 0.654. The average Bonchev–Trinajstić information content (AvgIpc) is 3.02. The lowest BCUT2D eigenvalue weighted by Crippen LogP contribution is -2.32. The highest BCUT2D eigenvalue weighted by atomic mass is 19.1. The maximum atomic E-state index is 13.2. The molecular formula is C19H17FN4O2. The monoisotopic (exact) mass is 352 g/mol. The number of nitrogens with zero attached hydrogens (tertiary/aromatic N) is 4. The van der Waals surface area contributed by atoms with Crippen LogP contribution in [0.4, 0.5) is 4.39 Å². The molecule has 3 aromatic rings. The summed E-state index contributed by atoms with van der Waals surface area (Å²) in [6, 6.07) is 9.48. The third-order valence-electron chi connectivity index (χ3n) is 4.03. The van der Waals surface area contributed by atoms with Crippen molar-refractivity contribution in [1.29, 1.82) is 5.26 Å². The molecule has 2 aromatic heterocycles. The molecule has 0 N–H and O–H groups in total. The predicted octanol–water partition coefficient (Wildman–Crippen LogP) is 3.71. The molecule has 0 saturated heterocycles. The van der Waals surface area contributed by atoms with Crippen LogP contribution in [-0.2, 0) is 0 Å². The highest BCUT2D eigenvalue weighted by Crippen LogP contribution is 2.28. The van der Waals surface area contributed by atoms with E-state index >= 15 is 0 Å². The molecule has 132 valence electrons. The van der Waals surface area contributed by atoms with E-state index in [0.717, 1.165) is 6.42 Å². The number of nitriles is 1. The van der Waals surface area contributed by atoms with Crippen molar-refractivity contribution in [2.24, 2.45) is 0 Å². The molecule has 6 nitrogen and oxygen atoms in total. The lowest BCUT2D eigenvalue weighted by Gasteiger charge is -2.19. The first-order valence-corrected chi connectivity index (χ1v) is 8.24. The van der Waals surface area contributed by atoms with Crippen molar-refractivity contribution < 1.29 is 13.7 Å². The number of hydrogen-bond donors (Lipinski definition) is 0. The van der Waals surface area contributed by atoms with Crippen molar-refractivity contribution in [2.75, 3.05) is 13.1 Å². The van der Waals surface area contributed by atoms with Crippen LogP contribution < -0.4 is 0 Å². The fraction of sp³-hybridized carbons (Fsp3) is 0.263. The van der Waals surface area contributed by atoms with Crippen LogP contribution in [0.1, 0.15) is 29.4 Å². The van der Waals surface area contributed by atoms with Gasteiger partial charge in [-0.15, -0.1) is 0 Å². The van der Waals surface area contributed by atoms with E-state index in [1.165, 1.54) is 17.0 Å². The second-order valence-electron chi connectivity index (χ2n) is 5.89. The summed E-state index contributed by atoms with van der Waals surface area (Å²) >= 11 is 0. The number of carbonyl (C=O) groups is 1. The van der Waals surface area contributed by atoms with Crippen molar-refractivity contribution in [3.05, 3.63) is 47.4 Å². The smallest absolute Gasteiger partial charge is 0.259 e. The van der Waals surface area contributed by atoms with Gasteiger partial charge in [0.25, 0.3) is 11.6 Å². The average molecular weight is 352 g/mol. The number of benzene rings is 1. The van der Waals surface area contributed by atoms with Crippen LogP contribution in [0.3, 0.4) is 0 Å². The van der Waals surface area contributed by atoms with Crippen molar-refractivity contribution in [3.63, 3.8) is 0 Å². The van der Waals surface area contributed by atoms with Gasteiger partial charge in [-0.05, 0) is 43.7 Å². The van der Waals surface area contributed by atoms with Crippen LogP contribution in [0, 0.1) is 24.1 Å². The number of rotatable bonds is 5. The zero-order valence-electron chi connectivity index (χ0n) is 14.5. The molecule has 0 fully saturated rings. The van der Waals surface area contributed by atoms with Gasteiger partial charge in [-0.1, -0.05) is 12.1 Å². The molecule has 0 unspecified atom stereocenters. The summed E-state index contributed by atoms with van der Waals surface area (Å²) in [5.41, 5.74) is 2.29. The van der Waals surface area contributed by atoms with Crippen LogP contribution in [-0.4, -0.2) is 34.0 Å². The van der Waals surface area contributed by atoms with Gasteiger partial charge >= 0.3 is 0 Å². The number of halogens is 1. The lowest BCUT2D eigenvalue weighted by molar-refractivity contribution is 0.0778. The Bertz CT molecular complexity index is 989. The second kappa shape index (κ2) is 7.31. The Labute approximate surface area is 149 Å². The molecule has 7 heteroatoms. The molecule has 0 bridgehead atoms. The Balaban J connectivity index is 2.16. The van der Waals surface area contributed by atoms with Crippen LogP contribution in [0.25, 0.3) is 22.4 Å². The Morgan fingerprint density at radius 2 is 2.08 bits per heavy atom. The summed E-state index contributed by atoms with van der Waals surface area (Å²) < 4.78 is 18.5. The Morgan fingerprint density at radius 3 is 2.73 bits per heavy atom. The lowest BCUT2D eigenvalue weighted by atomic mass is 10.0. The summed E-state index contributed by atoms with van der Waals surface area (Å²) in [5, 5.41) is 13.5. The highest BCUT2D eigenvalue weighted by Gasteiger charge is 2.23. The fourth-order valence-corrected chi connectivity index (χ4v) is 2.81. The normalized spacial score (nSPS) is 10.7. The largest absolute Gasteiger partial charge is 0.335 e. The third kappa shape index (κ3) is 3.26. The number of pyridine rings is 1. The summed E-state index contributed by atoms with van der Waals surface area (Å²) in [4.78, 5) is 18.9. The maximum Gasteiger partial charge on any atom is 0.259 e. The predicted molar refractivity (Wildman–Crippen MR) is 93.7 cm³/mol. The molecule has 2 heterocycles. The van der Waals surface area contributed by atoms with Crippen molar-refractivity contribution >= 4 is 17.0 Å². The van der Waals surface area contributed by atoms with E-state index in [2.05, 4.69) is 10.1 Å². The summed E-state index contributed by atoms with van der Waals surface area (Å²) in [7, 11) is 0. The minimum absolute atomic E-state index is 0.00724. The number of amides is 1. The van der Waals surface area contributed by atoms with E-state index in [1.807, 2.05) is 13.0 Å². The number of fused-ring (bicyclic) bond motifs is 1. The van der Waals surface area contributed by atoms with E-state index in [4.69, 9.17) is 9.78 Å². The Kier molecular flexibility index (Phi) is 4.94. The molecule has 26 heavy (non-hydrogen) atoms. The molecule has 3 rings (SSSR count). The number of hydrogen-bond acceptors (Lipinski definition) is 5. The van der Waals surface area contributed by atoms with E-state index in [9.17, 15) is 9.18 Å². The zero-order valence-corrected chi connectivity index (χ0v) is 14.5. The standard InChI is InChI=1S/C19H17FN4O2/c1-3-9-24(10-8-21)19(25)15-11-16(13-4-6-14(20)7-5-13)22-18-17(15)12(2)23-26-18/h4-7,11H,3,9-10H2,1-2H3. The van der Waals surface area contributed by atoms with Crippen LogP contribution in [0.2, 0.25) is 0 Å². The first kappa shape index (κ1) is 17.5. The molecule has 0 aliphatic carbocycles. The minimum Gasteiger partial charge on any atom is -0.335 e. The van der Waals surface area contributed by atoms with E-state index in [0.29, 0.717) is 34.4 Å². The SMILES string of the molecule is CCCN(CC#N)C(=O)c1cc(-c2ccc(F)cc2)nc2onc(C)c12. The van der Waals surface area contributed by atoms with Gasteiger partial charge in [0.05, 0.1) is 28.4 Å². The first-order valence-electron chi connectivity index (χ1n) is 8.24. The summed E-state index contributed by atoms with van der Waals surface area (Å²) in [6.07, 6.45) is 0.731. The third-order valence-corrected chi connectivity index (χ3v) is 4.03. The van der Waals surface area contributed by atoms with Gasteiger partial charge in [0, 0.05) is 12.1 Å². The van der Waals surface area contributed by atoms with E-state index in [-0.39, 0.29) is 24.0 Å². The number of carbonyl (C=O) groups excluding carboxylic acids is 1. The van der Waals surface area contributed by atoms with Gasteiger partial charge in [-0.2, -0.15) is 5.26 Å². The molecule has 0 radical (unpaired) electrons. The van der Waals surface area contributed by atoms with Crippen molar-refractivity contribution in [3.8, 4) is 17.3 Å². The zero-order chi connectivity index (χ0) is 18.7. The van der Waals surface area contributed by atoms with Crippen molar-refractivity contribution in [1.82, 2.24) is 15.0 Å². The van der Waals surface area contributed by atoms with Gasteiger partial charge in [-0.3, -0.25) is 4.79 Å². The highest BCUT2D eigenvalue weighted by molar-refractivity contribution is 6.07. The summed E-state index contributed by atoms with van der Waals surface area (Å²) in [6.45, 7) is 4.13.